The minimum Gasteiger partial charge on any atom is -0.453 e. The molecule has 0 bridgehead atoms. The fraction of sp³-hybridized carbons (Fsp3) is 0.462. The van der Waals surface area contributed by atoms with E-state index in [0.29, 0.717) is 22.0 Å². The fourth-order valence-electron chi connectivity index (χ4n) is 3.63. The van der Waals surface area contributed by atoms with E-state index in [1.54, 1.807) is 13.1 Å². The largest absolute Gasteiger partial charge is 0.453 e. The van der Waals surface area contributed by atoms with E-state index in [0.717, 1.165) is 44.5 Å². The number of carbonyl (C=O) groups excluding carboxylic acids is 2. The summed E-state index contributed by atoms with van der Waals surface area (Å²) in [5, 5.41) is 2.70. The molecule has 0 aliphatic heterocycles. The van der Waals surface area contributed by atoms with Gasteiger partial charge in [-0.2, -0.15) is 0 Å². The lowest BCUT2D eigenvalue weighted by Crippen LogP contribution is -2.31. The van der Waals surface area contributed by atoms with Crippen molar-refractivity contribution in [1.29, 1.82) is 0 Å². The summed E-state index contributed by atoms with van der Waals surface area (Å²) >= 11 is 0. The summed E-state index contributed by atoms with van der Waals surface area (Å²) in [7, 11) is 1.74. The maximum atomic E-state index is 12.8. The molecule has 9 heteroatoms. The van der Waals surface area contributed by atoms with Gasteiger partial charge in [-0.3, -0.25) is 18.0 Å². The molecule has 0 saturated heterocycles. The van der Waals surface area contributed by atoms with Gasteiger partial charge in [-0.1, -0.05) is 55.7 Å². The van der Waals surface area contributed by atoms with Crippen molar-refractivity contribution in [1.82, 2.24) is 10.0 Å². The third-order valence-electron chi connectivity index (χ3n) is 5.43. The zero-order valence-corrected chi connectivity index (χ0v) is 22.5. The van der Waals surface area contributed by atoms with E-state index in [2.05, 4.69) is 28.8 Å². The minimum absolute atomic E-state index is 0.256. The second-order valence-corrected chi connectivity index (χ2v) is 10.3. The van der Waals surface area contributed by atoms with E-state index in [-0.39, 0.29) is 11.8 Å². The number of anilines is 1. The molecular weight excluding hydrogens is 466 g/mol. The Morgan fingerprint density at radius 3 is 2.06 bits per heavy atom. The van der Waals surface area contributed by atoms with Gasteiger partial charge >= 0.3 is 0 Å². The molecule has 0 atom stereocenters. The van der Waals surface area contributed by atoms with Gasteiger partial charge in [-0.15, -0.1) is 0 Å². The number of ether oxygens (including phenoxy) is 1. The molecule has 0 fully saturated rings. The van der Waals surface area contributed by atoms with E-state index in [9.17, 15) is 9.59 Å². The Bertz CT molecular complexity index is 959. The average molecular weight is 506 g/mol. The molecule has 0 aromatic heterocycles. The maximum absolute atomic E-state index is 12.8. The van der Waals surface area contributed by atoms with Gasteiger partial charge in [0.15, 0.2) is 5.75 Å². The molecule has 35 heavy (non-hydrogen) atoms. The highest BCUT2D eigenvalue weighted by Crippen LogP contribution is 2.59. The van der Waals surface area contributed by atoms with Crippen LogP contribution in [0.3, 0.4) is 0 Å². The van der Waals surface area contributed by atoms with E-state index in [1.165, 1.54) is 21.1 Å². The predicted octanol–water partition coefficient (Wildman–Crippen LogP) is 5.58. The first-order valence-electron chi connectivity index (χ1n) is 12.0. The van der Waals surface area contributed by atoms with Gasteiger partial charge in [0, 0.05) is 32.6 Å². The Morgan fingerprint density at radius 2 is 1.57 bits per heavy atom. The Balaban J connectivity index is 2.89. The van der Waals surface area contributed by atoms with Crippen molar-refractivity contribution in [2.24, 2.45) is 0 Å². The summed E-state index contributed by atoms with van der Waals surface area (Å²) in [6.45, 7) is 7.28. The van der Waals surface area contributed by atoms with Crippen molar-refractivity contribution in [2.75, 3.05) is 39.3 Å². The van der Waals surface area contributed by atoms with Crippen LogP contribution in [0.1, 0.15) is 56.8 Å². The lowest BCUT2D eigenvalue weighted by Gasteiger charge is -2.42. The number of para-hydroxylation sites is 1. The first-order chi connectivity index (χ1) is 16.8. The Morgan fingerprint density at radius 1 is 0.971 bits per heavy atom. The average Bonchev–Trinajstić information content (AvgIpc) is 2.87. The van der Waals surface area contributed by atoms with Crippen molar-refractivity contribution < 1.29 is 22.7 Å². The topological polar surface area (TPSA) is 89.1 Å². The van der Waals surface area contributed by atoms with Gasteiger partial charge in [0.25, 0.3) is 5.91 Å². The number of amides is 2. The van der Waals surface area contributed by atoms with Gasteiger partial charge < -0.3 is 15.0 Å². The summed E-state index contributed by atoms with van der Waals surface area (Å²) in [6, 6.07) is 12.9. The van der Waals surface area contributed by atoms with Crippen LogP contribution < -0.4 is 19.7 Å². The standard InChI is InChI=1S/C26H39N3O5S/c1-7-9-16-29(17-10-8-2)23-18-21(26(31)27-4)19-24(35(32-5,33-6)28-20(3)30)25(23)34-22-14-12-11-13-15-22/h11-15,18-19H,7-10,16-17H2,1-6H3,(H,27,31)(H,28,30). The first kappa shape index (κ1) is 28.5. The number of carbonyl (C=O) groups is 2. The van der Waals surface area contributed by atoms with Crippen LogP contribution in [0.5, 0.6) is 11.5 Å². The molecule has 8 nitrogen and oxygen atoms in total. The second-order valence-electron chi connectivity index (χ2n) is 8.01. The normalized spacial score (nSPS) is 11.6. The summed E-state index contributed by atoms with van der Waals surface area (Å²) in [5.74, 6) is 0.531. The summed E-state index contributed by atoms with van der Waals surface area (Å²) in [5.41, 5.74) is 1.18. The van der Waals surface area contributed by atoms with Crippen molar-refractivity contribution in [3.8, 4) is 11.5 Å². The number of rotatable bonds is 14. The number of benzene rings is 2. The number of hydrogen-bond donors (Lipinski definition) is 2. The van der Waals surface area contributed by atoms with Gasteiger partial charge in [-0.25, -0.2) is 4.72 Å². The highest BCUT2D eigenvalue weighted by molar-refractivity contribution is 8.24. The Hall–Kier alpha value is -2.75. The smallest absolute Gasteiger partial charge is 0.251 e. The van der Waals surface area contributed by atoms with Crippen LogP contribution in [-0.2, 0) is 13.2 Å². The molecule has 0 aliphatic rings. The third kappa shape index (κ3) is 7.37. The van der Waals surface area contributed by atoms with Gasteiger partial charge in [0.1, 0.15) is 10.6 Å². The minimum atomic E-state index is -2.79. The summed E-state index contributed by atoms with van der Waals surface area (Å²) in [6.07, 6.45) is 4.01. The number of unbranched alkanes of at least 4 members (excludes halogenated alkanes) is 2. The Kier molecular flexibility index (Phi) is 11.4. The molecular formula is C26H39N3O5S. The second kappa shape index (κ2) is 14.0. The van der Waals surface area contributed by atoms with Gasteiger partial charge in [-0.05, 0) is 37.1 Å². The van der Waals surface area contributed by atoms with Crippen molar-refractivity contribution in [3.05, 3.63) is 48.0 Å². The lowest BCUT2D eigenvalue weighted by atomic mass is 10.1. The fourth-order valence-corrected chi connectivity index (χ4v) is 5.45. The van der Waals surface area contributed by atoms with E-state index in [4.69, 9.17) is 13.1 Å². The zero-order chi connectivity index (χ0) is 25.8. The molecule has 2 amide bonds. The molecule has 0 spiro atoms. The van der Waals surface area contributed by atoms with Crippen LogP contribution in [0, 0.1) is 0 Å². The molecule has 2 rings (SSSR count). The van der Waals surface area contributed by atoms with Crippen LogP contribution in [0.25, 0.3) is 0 Å². The van der Waals surface area contributed by atoms with Crippen molar-refractivity contribution in [2.45, 2.75) is 51.3 Å². The molecule has 0 aliphatic carbocycles. The first-order valence-corrected chi connectivity index (χ1v) is 13.4. The third-order valence-corrected chi connectivity index (χ3v) is 7.81. The lowest BCUT2D eigenvalue weighted by molar-refractivity contribution is -0.117. The quantitative estimate of drug-likeness (QED) is 0.348. The molecule has 2 aromatic carbocycles. The number of nitrogens with one attached hydrogen (secondary N) is 2. The molecule has 2 N–H and O–H groups in total. The summed E-state index contributed by atoms with van der Waals surface area (Å²) in [4.78, 5) is 27.8. The van der Waals surface area contributed by atoms with E-state index >= 15 is 0 Å². The monoisotopic (exact) mass is 505 g/mol. The molecule has 0 heterocycles. The highest BCUT2D eigenvalue weighted by atomic mass is 32.3. The highest BCUT2D eigenvalue weighted by Gasteiger charge is 2.32. The zero-order valence-electron chi connectivity index (χ0n) is 21.7. The van der Waals surface area contributed by atoms with Crippen LogP contribution in [-0.4, -0.2) is 46.2 Å². The van der Waals surface area contributed by atoms with Crippen LogP contribution in [0.4, 0.5) is 5.69 Å². The Labute approximate surface area is 211 Å². The molecule has 2 aromatic rings. The van der Waals surface area contributed by atoms with E-state index < -0.39 is 10.8 Å². The number of hydrogen-bond acceptors (Lipinski definition) is 6. The molecule has 0 saturated carbocycles. The molecule has 0 radical (unpaired) electrons. The van der Waals surface area contributed by atoms with Gasteiger partial charge in [0.2, 0.25) is 5.91 Å². The SMILES string of the molecule is CCCCN(CCCC)c1cc(C(=O)NC)cc(S(NC(C)=O)(OC)OC)c1Oc1ccccc1. The predicted molar refractivity (Wildman–Crippen MR) is 142 cm³/mol. The van der Waals surface area contributed by atoms with Crippen molar-refractivity contribution >= 4 is 28.3 Å². The maximum Gasteiger partial charge on any atom is 0.251 e. The molecule has 194 valence electrons. The van der Waals surface area contributed by atoms with Crippen molar-refractivity contribution in [3.63, 3.8) is 0 Å². The molecule has 0 unspecified atom stereocenters. The van der Waals surface area contributed by atoms with Crippen LogP contribution in [0.2, 0.25) is 0 Å². The number of nitrogens with zero attached hydrogens (tertiary/aromatic N) is 1. The van der Waals surface area contributed by atoms with Gasteiger partial charge in [0.05, 0.1) is 19.9 Å². The summed E-state index contributed by atoms with van der Waals surface area (Å²) < 4.78 is 21.0. The van der Waals surface area contributed by atoms with Crippen LogP contribution in [0.15, 0.2) is 47.4 Å². The van der Waals surface area contributed by atoms with Crippen LogP contribution >= 0.6 is 10.8 Å². The van der Waals surface area contributed by atoms with E-state index in [1.807, 2.05) is 36.4 Å².